The molecule has 1 aliphatic rings. The quantitative estimate of drug-likeness (QED) is 0.572. The zero-order valence-corrected chi connectivity index (χ0v) is 14.2. The van der Waals surface area contributed by atoms with Crippen molar-refractivity contribution in [1.82, 2.24) is 0 Å². The van der Waals surface area contributed by atoms with Crippen molar-refractivity contribution in [3.05, 3.63) is 12.3 Å². The summed E-state index contributed by atoms with van der Waals surface area (Å²) in [5.74, 6) is -0.346. The van der Waals surface area contributed by atoms with E-state index in [9.17, 15) is 9.59 Å². The van der Waals surface area contributed by atoms with Crippen LogP contribution >= 0.6 is 0 Å². The molecule has 126 valence electrons. The first-order valence-corrected chi connectivity index (χ1v) is 7.30. The van der Waals surface area contributed by atoms with Gasteiger partial charge in [0, 0.05) is 13.8 Å². The lowest BCUT2D eigenvalue weighted by atomic mass is 9.85. The summed E-state index contributed by atoms with van der Waals surface area (Å²) in [6.45, 7) is 14.1. The van der Waals surface area contributed by atoms with Crippen molar-refractivity contribution in [3.63, 3.8) is 0 Å². The lowest BCUT2D eigenvalue weighted by Crippen LogP contribution is -2.43. The van der Waals surface area contributed by atoms with Crippen molar-refractivity contribution in [1.29, 1.82) is 0 Å². The van der Waals surface area contributed by atoms with Crippen LogP contribution in [0, 0.1) is 5.41 Å². The van der Waals surface area contributed by atoms with Crippen LogP contribution < -0.4 is 0 Å². The van der Waals surface area contributed by atoms with Crippen molar-refractivity contribution in [2.75, 3.05) is 6.61 Å². The molecule has 1 aliphatic heterocycles. The Morgan fingerprint density at radius 2 is 1.64 bits per heavy atom. The number of esters is 2. The average molecular weight is 314 g/mol. The highest BCUT2D eigenvalue weighted by Crippen LogP contribution is 2.38. The second kappa shape index (κ2) is 7.13. The molecule has 1 saturated heterocycles. The number of hydrogen-bond donors (Lipinski definition) is 0. The molecule has 0 amide bonds. The normalized spacial score (nSPS) is 28.1. The molecule has 0 aromatic carbocycles. The highest BCUT2D eigenvalue weighted by molar-refractivity contribution is 5.66. The zero-order valence-electron chi connectivity index (χ0n) is 14.2. The molecule has 0 bridgehead atoms. The van der Waals surface area contributed by atoms with Crippen LogP contribution in [-0.4, -0.2) is 43.0 Å². The molecule has 0 aromatic rings. The van der Waals surface area contributed by atoms with Crippen molar-refractivity contribution >= 4 is 11.9 Å². The molecule has 0 saturated carbocycles. The highest BCUT2D eigenvalue weighted by Gasteiger charge is 2.52. The van der Waals surface area contributed by atoms with Crippen molar-refractivity contribution in [2.24, 2.45) is 5.41 Å². The smallest absolute Gasteiger partial charge is 0.303 e. The molecule has 4 atom stereocenters. The fraction of sp³-hybridized carbons (Fsp3) is 0.750. The lowest BCUT2D eigenvalue weighted by Gasteiger charge is -2.32. The van der Waals surface area contributed by atoms with Gasteiger partial charge in [-0.1, -0.05) is 27.4 Å². The van der Waals surface area contributed by atoms with E-state index in [1.807, 2.05) is 20.8 Å². The molecular weight excluding hydrogens is 288 g/mol. The van der Waals surface area contributed by atoms with E-state index in [4.69, 9.17) is 18.9 Å². The first kappa shape index (κ1) is 18.5. The van der Waals surface area contributed by atoms with E-state index in [0.29, 0.717) is 5.76 Å². The number of ether oxygens (including phenoxy) is 4. The molecule has 0 aliphatic carbocycles. The van der Waals surface area contributed by atoms with Gasteiger partial charge in [-0.25, -0.2) is 0 Å². The van der Waals surface area contributed by atoms with Gasteiger partial charge in [0.2, 0.25) is 0 Å². The summed E-state index contributed by atoms with van der Waals surface area (Å²) >= 11 is 0. The Morgan fingerprint density at radius 3 is 2.05 bits per heavy atom. The summed E-state index contributed by atoms with van der Waals surface area (Å²) in [5, 5.41) is 0. The van der Waals surface area contributed by atoms with Gasteiger partial charge in [-0.3, -0.25) is 9.59 Å². The average Bonchev–Trinajstić information content (AvgIpc) is 2.63. The molecule has 1 rings (SSSR count). The van der Waals surface area contributed by atoms with Crippen molar-refractivity contribution in [2.45, 2.75) is 66.0 Å². The predicted octanol–water partition coefficient (Wildman–Crippen LogP) is 2.21. The molecule has 6 nitrogen and oxygen atoms in total. The summed E-state index contributed by atoms with van der Waals surface area (Å²) in [4.78, 5) is 22.4. The molecule has 6 heteroatoms. The van der Waals surface area contributed by atoms with E-state index >= 15 is 0 Å². The standard InChI is InChI=1S/C16H26O6/c1-9(2)20-14-13(21-11(4)18)12(8-19-10(3)17)22-15(14)16(5,6)7/h12-15H,1,8H2,2-7H3/t12-,13+,14-,15-/m1/s1. The van der Waals surface area contributed by atoms with Crippen LogP contribution in [0.5, 0.6) is 0 Å². The van der Waals surface area contributed by atoms with Gasteiger partial charge in [-0.2, -0.15) is 0 Å². The minimum absolute atomic E-state index is 0.00983. The minimum Gasteiger partial charge on any atom is -0.489 e. The van der Waals surface area contributed by atoms with Gasteiger partial charge >= 0.3 is 11.9 Å². The van der Waals surface area contributed by atoms with E-state index in [-0.39, 0.29) is 18.1 Å². The lowest BCUT2D eigenvalue weighted by molar-refractivity contribution is -0.157. The third-order valence-corrected chi connectivity index (χ3v) is 3.25. The molecule has 0 aromatic heterocycles. The maximum Gasteiger partial charge on any atom is 0.303 e. The van der Waals surface area contributed by atoms with Gasteiger partial charge in [0.1, 0.15) is 18.8 Å². The molecular formula is C16H26O6. The Labute approximate surface area is 131 Å². The van der Waals surface area contributed by atoms with Gasteiger partial charge in [-0.05, 0) is 12.3 Å². The van der Waals surface area contributed by atoms with Crippen molar-refractivity contribution < 1.29 is 28.5 Å². The molecule has 1 heterocycles. The number of allylic oxidation sites excluding steroid dienone is 1. The van der Waals surface area contributed by atoms with Crippen LogP contribution in [0.2, 0.25) is 0 Å². The van der Waals surface area contributed by atoms with E-state index in [2.05, 4.69) is 6.58 Å². The van der Waals surface area contributed by atoms with Crippen LogP contribution in [0.15, 0.2) is 12.3 Å². The first-order valence-electron chi connectivity index (χ1n) is 7.30. The van der Waals surface area contributed by atoms with Crippen LogP contribution in [0.3, 0.4) is 0 Å². The molecule has 0 radical (unpaired) electrons. The second-order valence-electron chi connectivity index (χ2n) is 6.62. The van der Waals surface area contributed by atoms with E-state index < -0.39 is 30.3 Å². The van der Waals surface area contributed by atoms with E-state index in [0.717, 1.165) is 0 Å². The SMILES string of the molecule is C=C(C)O[C@@H]1[C@@H](OC(C)=O)[C@@H](COC(C)=O)O[C@H]1C(C)(C)C. The minimum atomic E-state index is -0.655. The Balaban J connectivity index is 3.03. The number of carbonyl (C=O) groups is 2. The molecule has 0 unspecified atom stereocenters. The van der Waals surface area contributed by atoms with Gasteiger partial charge in [-0.15, -0.1) is 0 Å². The van der Waals surface area contributed by atoms with Gasteiger partial charge in [0.15, 0.2) is 12.2 Å². The topological polar surface area (TPSA) is 71.1 Å². The monoisotopic (exact) mass is 314 g/mol. The number of carbonyl (C=O) groups excluding carboxylic acids is 2. The Bertz CT molecular complexity index is 436. The molecule has 0 spiro atoms. The van der Waals surface area contributed by atoms with E-state index in [1.54, 1.807) is 6.92 Å². The third-order valence-electron chi connectivity index (χ3n) is 3.25. The van der Waals surface area contributed by atoms with E-state index in [1.165, 1.54) is 13.8 Å². The van der Waals surface area contributed by atoms with Gasteiger partial charge < -0.3 is 18.9 Å². The number of rotatable bonds is 5. The first-order chi connectivity index (χ1) is 10.0. The largest absolute Gasteiger partial charge is 0.489 e. The summed E-state index contributed by atoms with van der Waals surface area (Å²) in [7, 11) is 0. The van der Waals surface area contributed by atoms with Crippen LogP contribution in [0.25, 0.3) is 0 Å². The highest BCUT2D eigenvalue weighted by atomic mass is 16.6. The van der Waals surface area contributed by atoms with Gasteiger partial charge in [0.05, 0.1) is 5.76 Å². The molecule has 1 fully saturated rings. The summed E-state index contributed by atoms with van der Waals surface area (Å²) < 4.78 is 22.1. The van der Waals surface area contributed by atoms with Crippen LogP contribution in [0.1, 0.15) is 41.5 Å². The Hall–Kier alpha value is -1.56. The fourth-order valence-corrected chi connectivity index (χ4v) is 2.45. The summed E-state index contributed by atoms with van der Waals surface area (Å²) in [6, 6.07) is 0. The molecule has 22 heavy (non-hydrogen) atoms. The second-order valence-corrected chi connectivity index (χ2v) is 6.62. The predicted molar refractivity (Wildman–Crippen MR) is 80.0 cm³/mol. The van der Waals surface area contributed by atoms with Gasteiger partial charge in [0.25, 0.3) is 0 Å². The number of hydrogen-bond acceptors (Lipinski definition) is 6. The third kappa shape index (κ3) is 5.02. The van der Waals surface area contributed by atoms with Crippen molar-refractivity contribution in [3.8, 4) is 0 Å². The molecule has 0 N–H and O–H groups in total. The fourth-order valence-electron chi connectivity index (χ4n) is 2.45. The Morgan fingerprint density at radius 1 is 1.05 bits per heavy atom. The van der Waals surface area contributed by atoms with Crippen LogP contribution in [0.4, 0.5) is 0 Å². The van der Waals surface area contributed by atoms with Crippen LogP contribution in [-0.2, 0) is 28.5 Å². The summed E-state index contributed by atoms with van der Waals surface area (Å²) in [5.41, 5.74) is -0.247. The Kier molecular flexibility index (Phi) is 6.00. The summed E-state index contributed by atoms with van der Waals surface area (Å²) in [6.07, 6.45) is -2.05. The maximum atomic E-state index is 11.4. The maximum absolute atomic E-state index is 11.4. The zero-order chi connectivity index (χ0) is 17.1.